The molecule has 1 rings (SSSR count). The number of allylic oxidation sites excluding steroid dienone is 2. The van der Waals surface area contributed by atoms with Crippen LogP contribution in [0.15, 0.2) is 47.8 Å². The molecule has 1 aromatic carbocycles. The van der Waals surface area contributed by atoms with Gasteiger partial charge in [0.05, 0.1) is 28.5 Å². The minimum atomic E-state index is -5.05. The molecule has 0 aliphatic heterocycles. The average molecular weight is 713 g/mol. The minimum absolute atomic E-state index is 0. The second kappa shape index (κ2) is 32.5. The zero-order chi connectivity index (χ0) is 35.1. The Balaban J connectivity index is 0.0000230. The van der Waals surface area contributed by atoms with Crippen LogP contribution in [0.4, 0.5) is 0 Å². The molecule has 0 fully saturated rings. The second-order valence-electron chi connectivity index (χ2n) is 13.0. The number of unbranched alkanes of at least 4 members (excludes halogenated alkanes) is 24. The predicted octanol–water partition coefficient (Wildman–Crippen LogP) is 9.12. The summed E-state index contributed by atoms with van der Waals surface area (Å²) in [5, 5.41) is 0. The van der Waals surface area contributed by atoms with Gasteiger partial charge < -0.3 is 14.0 Å². The Kier molecular flexibility index (Phi) is 31.5. The molecule has 274 valence electrons. The number of carbonyl (C=O) groups is 2. The van der Waals surface area contributed by atoms with E-state index in [1.165, 1.54) is 147 Å². The summed E-state index contributed by atoms with van der Waals surface area (Å²) in [5.41, 5.74) is -0.942. The van der Waals surface area contributed by atoms with E-state index in [9.17, 15) is 22.6 Å². The zero-order valence-electron chi connectivity index (χ0n) is 31.2. The van der Waals surface area contributed by atoms with Gasteiger partial charge in [-0.05, 0) is 50.0 Å². The van der Waals surface area contributed by atoms with E-state index < -0.39 is 32.5 Å². The molecule has 0 N–H and O–H groups in total. The van der Waals surface area contributed by atoms with Crippen LogP contribution in [0, 0.1) is 0 Å². The number of ether oxygens (including phenoxy) is 2. The Labute approximate surface area is 321 Å². The first kappa shape index (κ1) is 47.5. The molecule has 7 nitrogen and oxygen atoms in total. The van der Waals surface area contributed by atoms with Gasteiger partial charge in [0, 0.05) is 0 Å². The van der Waals surface area contributed by atoms with Gasteiger partial charge in [-0.1, -0.05) is 161 Å². The van der Waals surface area contributed by atoms with Crippen LogP contribution in [0.25, 0.3) is 0 Å². The van der Waals surface area contributed by atoms with Crippen LogP contribution in [-0.2, 0) is 19.6 Å². The minimum Gasteiger partial charge on any atom is -0.744 e. The molecule has 49 heavy (non-hydrogen) atoms. The van der Waals surface area contributed by atoms with Crippen LogP contribution < -0.4 is 29.6 Å². The van der Waals surface area contributed by atoms with Gasteiger partial charge in [-0.2, -0.15) is 0 Å². The summed E-state index contributed by atoms with van der Waals surface area (Å²) in [7, 11) is -5.05. The third-order valence-corrected chi connectivity index (χ3v) is 9.59. The van der Waals surface area contributed by atoms with E-state index in [0.717, 1.165) is 44.6 Å². The Morgan fingerprint density at radius 1 is 0.571 bits per heavy atom. The van der Waals surface area contributed by atoms with E-state index in [-0.39, 0.29) is 35.1 Å². The number of esters is 2. The predicted molar refractivity (Wildman–Crippen MR) is 195 cm³/mol. The van der Waals surface area contributed by atoms with Crippen molar-refractivity contribution in [1.82, 2.24) is 0 Å². The molecule has 0 atom stereocenters. The molecule has 0 saturated carbocycles. The Morgan fingerprint density at radius 3 is 1.29 bits per heavy atom. The third kappa shape index (κ3) is 25.2. The summed E-state index contributed by atoms with van der Waals surface area (Å²) >= 11 is 0. The maximum absolute atomic E-state index is 12.9. The van der Waals surface area contributed by atoms with E-state index >= 15 is 0 Å². The molecule has 0 aliphatic rings. The van der Waals surface area contributed by atoms with Crippen molar-refractivity contribution in [2.75, 3.05) is 0 Å². The van der Waals surface area contributed by atoms with Crippen LogP contribution in [0.3, 0.4) is 0 Å². The van der Waals surface area contributed by atoms with Crippen LogP contribution in [0.2, 0.25) is 0 Å². The van der Waals surface area contributed by atoms with Gasteiger partial charge in [-0.15, -0.1) is 0 Å². The number of hydrogen-bond acceptors (Lipinski definition) is 7. The molecule has 0 spiro atoms. The maximum Gasteiger partial charge on any atom is 1.00 e. The van der Waals surface area contributed by atoms with E-state index in [1.807, 2.05) is 0 Å². The van der Waals surface area contributed by atoms with Crippen LogP contribution in [-0.4, -0.2) is 24.9 Å². The first-order valence-corrected chi connectivity index (χ1v) is 20.5. The van der Waals surface area contributed by atoms with Crippen molar-refractivity contribution >= 4 is 22.1 Å². The van der Waals surface area contributed by atoms with Crippen LogP contribution in [0.1, 0.15) is 202 Å². The molecule has 0 aromatic heterocycles. The number of hydrogen-bond donors (Lipinski definition) is 0. The first-order valence-electron chi connectivity index (χ1n) is 19.1. The van der Waals surface area contributed by atoms with Crippen LogP contribution in [0.5, 0.6) is 0 Å². The first-order chi connectivity index (χ1) is 23.3. The van der Waals surface area contributed by atoms with Crippen molar-refractivity contribution in [3.05, 3.63) is 54.0 Å². The van der Waals surface area contributed by atoms with Gasteiger partial charge in [-0.25, -0.2) is 18.0 Å². The Bertz CT molecular complexity index is 1150. The number of benzene rings is 1. The van der Waals surface area contributed by atoms with E-state index in [0.29, 0.717) is 6.42 Å². The summed E-state index contributed by atoms with van der Waals surface area (Å²) < 4.78 is 46.0. The molecule has 0 heterocycles. The van der Waals surface area contributed by atoms with Crippen molar-refractivity contribution in [2.45, 2.75) is 186 Å². The molecule has 0 unspecified atom stereocenters. The van der Waals surface area contributed by atoms with Gasteiger partial charge in [0.15, 0.2) is 0 Å². The summed E-state index contributed by atoms with van der Waals surface area (Å²) in [5.74, 6) is -2.03. The fraction of sp³-hybridized carbons (Fsp3) is 0.700. The normalized spacial score (nSPS) is 11.7. The largest absolute Gasteiger partial charge is 1.00 e. The molecule has 0 saturated heterocycles. The smallest absolute Gasteiger partial charge is 0.744 e. The topological polar surface area (TPSA) is 110 Å². The van der Waals surface area contributed by atoms with Crippen molar-refractivity contribution in [3.63, 3.8) is 0 Å². The fourth-order valence-corrected chi connectivity index (χ4v) is 6.49. The van der Waals surface area contributed by atoms with Crippen molar-refractivity contribution in [1.29, 1.82) is 0 Å². The Hall–Kier alpha value is -1.45. The molecular weight excluding hydrogens is 647 g/mol. The summed E-state index contributed by atoms with van der Waals surface area (Å²) in [6.07, 6.45) is 37.4. The summed E-state index contributed by atoms with van der Waals surface area (Å²) in [6, 6.07) is 3.48. The molecule has 0 bridgehead atoms. The quantitative estimate of drug-likeness (QED) is 0.0248. The summed E-state index contributed by atoms with van der Waals surface area (Å²) in [6.45, 7) is 4.48. The van der Waals surface area contributed by atoms with Gasteiger partial charge in [0.1, 0.15) is 10.1 Å². The van der Waals surface area contributed by atoms with Gasteiger partial charge in [0.2, 0.25) is 0 Å². The fourth-order valence-electron chi connectivity index (χ4n) is 5.80. The van der Waals surface area contributed by atoms with Crippen molar-refractivity contribution in [3.8, 4) is 0 Å². The zero-order valence-corrected chi connectivity index (χ0v) is 34.0. The van der Waals surface area contributed by atoms with Gasteiger partial charge >= 0.3 is 41.5 Å². The van der Waals surface area contributed by atoms with Gasteiger partial charge in [0.25, 0.3) is 0 Å². The second-order valence-corrected chi connectivity index (χ2v) is 14.4. The molecule has 1 aromatic rings. The molecule has 0 amide bonds. The number of rotatable bonds is 31. The molecule has 0 aliphatic carbocycles. The van der Waals surface area contributed by atoms with Gasteiger partial charge in [-0.3, -0.25) is 0 Å². The monoisotopic (exact) mass is 712 g/mol. The molecule has 9 heteroatoms. The van der Waals surface area contributed by atoms with E-state index in [1.54, 1.807) is 12.2 Å². The van der Waals surface area contributed by atoms with Crippen molar-refractivity contribution in [2.24, 2.45) is 0 Å². The summed E-state index contributed by atoms with van der Waals surface area (Å²) in [4.78, 5) is 24.9. The SMILES string of the molecule is CCCCCCCCCCCCCC/C=C/OC(=O)c1cccc(S(=O)(=O)[O-])c1C(=O)O/C=C/CCCCCCCCCCCCCC.[Na+]. The van der Waals surface area contributed by atoms with Crippen LogP contribution >= 0.6 is 0 Å². The van der Waals surface area contributed by atoms with E-state index in [2.05, 4.69) is 13.8 Å². The molecule has 0 radical (unpaired) electrons. The molecular formula is C40H65NaO7S. The Morgan fingerprint density at radius 2 is 0.918 bits per heavy atom. The number of carbonyl (C=O) groups excluding carboxylic acids is 2. The van der Waals surface area contributed by atoms with Crippen molar-refractivity contribution < 1.29 is 61.6 Å². The standard InChI is InChI=1S/C40H66O7S.Na/c1-3-5-7-9-11-13-15-17-19-21-23-25-27-29-34-46-39(41)36-32-31-33-37(48(43,44)45)38(36)40(42)47-35-30-28-26-24-22-20-18-16-14-12-10-8-6-4-2;/h29-35H,3-28H2,1-2H3,(H,43,44,45);/q;+1/p-1/b34-29+,35-30+;. The average Bonchev–Trinajstić information content (AvgIpc) is 3.07. The maximum atomic E-state index is 12.9. The van der Waals surface area contributed by atoms with E-state index in [4.69, 9.17) is 9.47 Å². The third-order valence-electron chi connectivity index (χ3n) is 8.71.